The zero-order valence-corrected chi connectivity index (χ0v) is 20.2. The number of likely N-dealkylation sites (N-methyl/N-ethyl adjacent to an activating group) is 1. The molecule has 0 atom stereocenters. The number of carbonyl (C=O) groups is 1. The molecule has 0 unspecified atom stereocenters. The van der Waals surface area contributed by atoms with Gasteiger partial charge in [0.25, 0.3) is 0 Å². The van der Waals surface area contributed by atoms with Crippen LogP contribution in [0.3, 0.4) is 0 Å². The van der Waals surface area contributed by atoms with Crippen molar-refractivity contribution < 1.29 is 9.53 Å². The van der Waals surface area contributed by atoms with Gasteiger partial charge in [0.2, 0.25) is 0 Å². The minimum Gasteiger partial charge on any atom is -0.494 e. The fourth-order valence-electron chi connectivity index (χ4n) is 2.93. The molecule has 0 amide bonds. The molecular formula is C26H49NO2. The van der Waals surface area contributed by atoms with Crippen LogP contribution in [-0.2, 0) is 9.53 Å². The smallest absolute Gasteiger partial charge is 0.129 e. The van der Waals surface area contributed by atoms with Crippen molar-refractivity contribution in [3.63, 3.8) is 0 Å². The maximum Gasteiger partial charge on any atom is 0.129 e. The molecule has 0 heterocycles. The van der Waals surface area contributed by atoms with E-state index in [-0.39, 0.29) is 0 Å². The number of rotatable bonds is 19. The zero-order valence-electron chi connectivity index (χ0n) is 20.2. The predicted octanol–water partition coefficient (Wildman–Crippen LogP) is 7.88. The van der Waals surface area contributed by atoms with Gasteiger partial charge in [0.05, 0.1) is 6.61 Å². The van der Waals surface area contributed by atoms with Crippen LogP contribution >= 0.6 is 0 Å². The topological polar surface area (TPSA) is 38.3 Å². The number of allylic oxidation sites excluding steroid dienone is 3. The molecule has 0 aliphatic heterocycles. The molecule has 0 rings (SSSR count). The van der Waals surface area contributed by atoms with E-state index >= 15 is 0 Å². The van der Waals surface area contributed by atoms with Gasteiger partial charge in [-0.05, 0) is 44.9 Å². The number of ether oxygens (including phenoxy) is 1. The Hall–Kier alpha value is -1.51. The van der Waals surface area contributed by atoms with E-state index in [4.69, 9.17) is 4.74 Å². The van der Waals surface area contributed by atoms with Gasteiger partial charge >= 0.3 is 0 Å². The third-order valence-corrected chi connectivity index (χ3v) is 4.75. The highest BCUT2D eigenvalue weighted by molar-refractivity contribution is 5.75. The van der Waals surface area contributed by atoms with E-state index in [1.807, 2.05) is 46.0 Å². The first-order valence-electron chi connectivity index (χ1n) is 11.9. The van der Waals surface area contributed by atoms with Gasteiger partial charge in [-0.15, -0.1) is 0 Å². The number of unbranched alkanes of at least 4 members (excludes halogenated alkanes) is 11. The Morgan fingerprint density at radius 2 is 1.28 bits per heavy atom. The van der Waals surface area contributed by atoms with E-state index in [9.17, 15) is 4.79 Å². The lowest BCUT2D eigenvalue weighted by Gasteiger charge is -2.07. The average Bonchev–Trinajstić information content (AvgIpc) is 2.73. The van der Waals surface area contributed by atoms with Crippen molar-refractivity contribution in [3.8, 4) is 0 Å². The van der Waals surface area contributed by atoms with E-state index in [2.05, 4.69) is 11.9 Å². The van der Waals surface area contributed by atoms with E-state index in [1.54, 1.807) is 6.92 Å². The second kappa shape index (κ2) is 24.5. The summed E-state index contributed by atoms with van der Waals surface area (Å²) in [6.45, 7) is 12.3. The lowest BCUT2D eigenvalue weighted by atomic mass is 10.0. The molecule has 3 nitrogen and oxygen atoms in total. The van der Waals surface area contributed by atoms with Crippen molar-refractivity contribution in [2.24, 2.45) is 0 Å². The van der Waals surface area contributed by atoms with Crippen LogP contribution in [-0.4, -0.2) is 19.4 Å². The van der Waals surface area contributed by atoms with Gasteiger partial charge in [-0.2, -0.15) is 0 Å². The van der Waals surface area contributed by atoms with Crippen molar-refractivity contribution in [1.82, 2.24) is 5.32 Å². The van der Waals surface area contributed by atoms with Gasteiger partial charge < -0.3 is 14.8 Å². The number of ketones is 1. The Morgan fingerprint density at radius 3 is 1.69 bits per heavy atom. The molecule has 0 aromatic heterocycles. The summed E-state index contributed by atoms with van der Waals surface area (Å²) in [5.41, 5.74) is 0.880. The van der Waals surface area contributed by atoms with Crippen molar-refractivity contribution in [1.29, 1.82) is 0 Å². The van der Waals surface area contributed by atoms with Gasteiger partial charge in [0.1, 0.15) is 11.5 Å². The third-order valence-electron chi connectivity index (χ3n) is 4.75. The Labute approximate surface area is 182 Å². The molecule has 0 fully saturated rings. The summed E-state index contributed by atoms with van der Waals surface area (Å²) in [5.74, 6) is 1.24. The van der Waals surface area contributed by atoms with Crippen LogP contribution in [0, 0.1) is 0 Å². The number of Topliss-reactive ketones (excluding diaryl/α,β-unsaturated/α-hetero) is 1. The molecule has 3 heteroatoms. The number of hydrogen-bond donors (Lipinski definition) is 1. The minimum absolute atomic E-state index is 0.330. The molecule has 0 aliphatic carbocycles. The summed E-state index contributed by atoms with van der Waals surface area (Å²) >= 11 is 0. The maximum atomic E-state index is 10.8. The molecule has 0 saturated carbocycles. The summed E-state index contributed by atoms with van der Waals surface area (Å²) in [6.07, 6.45) is 22.0. The van der Waals surface area contributed by atoms with Crippen LogP contribution in [0.5, 0.6) is 0 Å². The lowest BCUT2D eigenvalue weighted by molar-refractivity contribution is -0.117. The molecule has 0 aromatic rings. The monoisotopic (exact) mass is 407 g/mol. The highest BCUT2D eigenvalue weighted by Gasteiger charge is 1.97. The molecule has 0 aliphatic rings. The van der Waals surface area contributed by atoms with Crippen LogP contribution < -0.4 is 5.32 Å². The molecule has 0 aromatic carbocycles. The number of nitrogens with one attached hydrogen (secondary N) is 1. The zero-order chi connectivity index (χ0) is 22.2. The number of carbonyl (C=O) groups excluding carboxylic acids is 1. The first-order chi connectivity index (χ1) is 14.1. The van der Waals surface area contributed by atoms with Crippen LogP contribution in [0.1, 0.15) is 111 Å². The highest BCUT2D eigenvalue weighted by atomic mass is 16.5. The molecule has 0 spiro atoms. The molecule has 170 valence electrons. The van der Waals surface area contributed by atoms with Gasteiger partial charge in [0.15, 0.2) is 0 Å². The quantitative estimate of drug-likeness (QED) is 0.134. The van der Waals surface area contributed by atoms with Crippen LogP contribution in [0.15, 0.2) is 36.3 Å². The molecule has 0 radical (unpaired) electrons. The van der Waals surface area contributed by atoms with Gasteiger partial charge in [-0.25, -0.2) is 0 Å². The first-order valence-corrected chi connectivity index (χ1v) is 11.9. The predicted molar refractivity (Wildman–Crippen MR) is 129 cm³/mol. The fraction of sp³-hybridized carbons (Fsp3) is 0.731. The van der Waals surface area contributed by atoms with Crippen molar-refractivity contribution in [2.75, 3.05) is 13.7 Å². The second-order valence-electron chi connectivity index (χ2n) is 7.34. The number of hydrogen-bond acceptors (Lipinski definition) is 3. The van der Waals surface area contributed by atoms with Gasteiger partial charge in [-0.3, -0.25) is 0 Å². The molecule has 29 heavy (non-hydrogen) atoms. The standard InChI is InChI=1S/C24H43NO2.C2H6/c1-5-24(20-19-22(2)25-4)27-21-17-15-13-11-9-7-6-8-10-12-14-16-18-23(3)26;1-2/h5,19-20,25H,2,6-18,21H2,1,3-4H3;1-2H3/b20-19-,24-5+;. The van der Waals surface area contributed by atoms with E-state index in [1.165, 1.54) is 64.2 Å². The normalized spacial score (nSPS) is 11.1. The summed E-state index contributed by atoms with van der Waals surface area (Å²) < 4.78 is 5.79. The Balaban J connectivity index is 0. The van der Waals surface area contributed by atoms with E-state index in [0.29, 0.717) is 5.78 Å². The van der Waals surface area contributed by atoms with Crippen LogP contribution in [0.2, 0.25) is 0 Å². The van der Waals surface area contributed by atoms with E-state index in [0.717, 1.165) is 37.3 Å². The molecule has 0 bridgehead atoms. The second-order valence-corrected chi connectivity index (χ2v) is 7.34. The minimum atomic E-state index is 0.330. The lowest BCUT2D eigenvalue weighted by Crippen LogP contribution is -2.01. The van der Waals surface area contributed by atoms with Crippen molar-refractivity contribution in [3.05, 3.63) is 36.3 Å². The van der Waals surface area contributed by atoms with Crippen LogP contribution in [0.25, 0.3) is 0 Å². The molecular weight excluding hydrogens is 358 g/mol. The summed E-state index contributed by atoms with van der Waals surface area (Å²) in [6, 6.07) is 0. The van der Waals surface area contributed by atoms with Gasteiger partial charge in [-0.1, -0.05) is 84.6 Å². The Morgan fingerprint density at radius 1 is 0.828 bits per heavy atom. The fourth-order valence-corrected chi connectivity index (χ4v) is 2.93. The van der Waals surface area contributed by atoms with Crippen LogP contribution in [0.4, 0.5) is 0 Å². The highest BCUT2D eigenvalue weighted by Crippen LogP contribution is 2.13. The average molecular weight is 408 g/mol. The summed E-state index contributed by atoms with van der Waals surface area (Å²) in [4.78, 5) is 10.8. The molecule has 1 N–H and O–H groups in total. The third kappa shape index (κ3) is 24.5. The maximum absolute atomic E-state index is 10.8. The summed E-state index contributed by atoms with van der Waals surface area (Å²) in [7, 11) is 1.86. The Kier molecular flexibility index (Phi) is 25.1. The van der Waals surface area contributed by atoms with Crippen molar-refractivity contribution >= 4 is 5.78 Å². The summed E-state index contributed by atoms with van der Waals surface area (Å²) in [5, 5.41) is 2.99. The Bertz CT molecular complexity index is 438. The van der Waals surface area contributed by atoms with Crippen molar-refractivity contribution in [2.45, 2.75) is 111 Å². The van der Waals surface area contributed by atoms with Gasteiger partial charge in [0, 0.05) is 19.2 Å². The molecule has 0 saturated heterocycles. The van der Waals surface area contributed by atoms with E-state index < -0.39 is 0 Å². The largest absolute Gasteiger partial charge is 0.494 e. The first kappa shape index (κ1) is 29.7. The SMILES string of the molecule is C=C(/C=C\C(=C/C)OCCCCCCCCCCCCCCC(C)=O)NC.CC.